The molecule has 0 fully saturated rings. The van der Waals surface area contributed by atoms with Gasteiger partial charge in [-0.15, -0.1) is 0 Å². The van der Waals surface area contributed by atoms with Crippen LogP contribution in [0.4, 0.5) is 0 Å². The van der Waals surface area contributed by atoms with Gasteiger partial charge in [0.2, 0.25) is 0 Å². The lowest BCUT2D eigenvalue weighted by atomic mass is 9.81. The zero-order chi connectivity index (χ0) is 13.7. The van der Waals surface area contributed by atoms with Crippen LogP contribution in [0, 0.1) is 25.2 Å². The third-order valence-electron chi connectivity index (χ3n) is 3.60. The standard InChI is InChI=1S/C16H20O2/c1-9-6-10(2)13-11(7-9)8-12(14(13)17)15(18)16(3,4)5/h6-7,12H,8H2,1-5H3. The number of aryl methyl sites for hydroxylation is 2. The summed E-state index contributed by atoms with van der Waals surface area (Å²) in [5.74, 6) is -0.399. The van der Waals surface area contributed by atoms with Crippen LogP contribution in [0.5, 0.6) is 0 Å². The number of carbonyl (C=O) groups is 2. The number of rotatable bonds is 1. The van der Waals surface area contributed by atoms with E-state index >= 15 is 0 Å². The second kappa shape index (κ2) is 4.04. The average Bonchev–Trinajstić information content (AvgIpc) is 2.53. The molecule has 1 aliphatic carbocycles. The summed E-state index contributed by atoms with van der Waals surface area (Å²) in [6, 6.07) is 4.05. The van der Waals surface area contributed by atoms with Gasteiger partial charge in [0.15, 0.2) is 5.78 Å². The van der Waals surface area contributed by atoms with Crippen LogP contribution >= 0.6 is 0 Å². The van der Waals surface area contributed by atoms with Crippen LogP contribution in [-0.2, 0) is 11.2 Å². The number of carbonyl (C=O) groups excluding carboxylic acids is 2. The fourth-order valence-corrected chi connectivity index (χ4v) is 2.79. The Kier molecular flexibility index (Phi) is 2.92. The quantitative estimate of drug-likeness (QED) is 0.710. The number of ketones is 2. The summed E-state index contributed by atoms with van der Waals surface area (Å²) >= 11 is 0. The van der Waals surface area contributed by atoms with Crippen molar-refractivity contribution in [1.82, 2.24) is 0 Å². The molecular formula is C16H20O2. The largest absolute Gasteiger partial charge is 0.298 e. The summed E-state index contributed by atoms with van der Waals surface area (Å²) < 4.78 is 0. The van der Waals surface area contributed by atoms with E-state index in [2.05, 4.69) is 0 Å². The van der Waals surface area contributed by atoms with Gasteiger partial charge >= 0.3 is 0 Å². The zero-order valence-electron chi connectivity index (χ0n) is 11.8. The van der Waals surface area contributed by atoms with E-state index in [-0.39, 0.29) is 11.6 Å². The minimum absolute atomic E-state index is 0.0161. The van der Waals surface area contributed by atoms with Gasteiger partial charge in [0.25, 0.3) is 0 Å². The van der Waals surface area contributed by atoms with Crippen LogP contribution < -0.4 is 0 Å². The van der Waals surface area contributed by atoms with E-state index in [0.717, 1.165) is 22.3 Å². The molecule has 0 saturated carbocycles. The Morgan fingerprint density at radius 1 is 1.22 bits per heavy atom. The van der Waals surface area contributed by atoms with E-state index in [9.17, 15) is 9.59 Å². The molecule has 1 atom stereocenters. The summed E-state index contributed by atoms with van der Waals surface area (Å²) in [7, 11) is 0. The zero-order valence-corrected chi connectivity index (χ0v) is 11.8. The van der Waals surface area contributed by atoms with Crippen LogP contribution in [0.3, 0.4) is 0 Å². The summed E-state index contributed by atoms with van der Waals surface area (Å²) in [6.45, 7) is 9.61. The van der Waals surface area contributed by atoms with Crippen molar-refractivity contribution >= 4 is 11.6 Å². The molecule has 1 aromatic rings. The van der Waals surface area contributed by atoms with Crippen molar-refractivity contribution < 1.29 is 9.59 Å². The van der Waals surface area contributed by atoms with Gasteiger partial charge in [-0.3, -0.25) is 9.59 Å². The molecule has 18 heavy (non-hydrogen) atoms. The van der Waals surface area contributed by atoms with Gasteiger partial charge in [-0.2, -0.15) is 0 Å². The molecular weight excluding hydrogens is 224 g/mol. The molecule has 1 aromatic carbocycles. The van der Waals surface area contributed by atoms with Crippen LogP contribution in [0.25, 0.3) is 0 Å². The molecule has 2 nitrogen and oxygen atoms in total. The molecule has 96 valence electrons. The van der Waals surface area contributed by atoms with E-state index < -0.39 is 11.3 Å². The van der Waals surface area contributed by atoms with Crippen LogP contribution in [0.15, 0.2) is 12.1 Å². The fourth-order valence-electron chi connectivity index (χ4n) is 2.79. The van der Waals surface area contributed by atoms with E-state index in [1.54, 1.807) is 0 Å². The minimum atomic E-state index is -0.472. The smallest absolute Gasteiger partial charge is 0.174 e. The Balaban J connectivity index is 2.43. The van der Waals surface area contributed by atoms with Crippen molar-refractivity contribution in [2.45, 2.75) is 41.0 Å². The minimum Gasteiger partial charge on any atom is -0.298 e. The van der Waals surface area contributed by atoms with Crippen LogP contribution in [-0.4, -0.2) is 11.6 Å². The summed E-state index contributed by atoms with van der Waals surface area (Å²) in [5, 5.41) is 0. The van der Waals surface area contributed by atoms with E-state index in [0.29, 0.717) is 6.42 Å². The van der Waals surface area contributed by atoms with E-state index in [1.807, 2.05) is 46.8 Å². The SMILES string of the molecule is Cc1cc(C)c2c(c1)CC(C(=O)C(C)(C)C)C2=O. The number of hydrogen-bond acceptors (Lipinski definition) is 2. The predicted molar refractivity (Wildman–Crippen MR) is 71.9 cm³/mol. The van der Waals surface area contributed by atoms with Crippen LogP contribution in [0.1, 0.15) is 47.8 Å². The molecule has 0 amide bonds. The second-order valence-electron chi connectivity index (χ2n) is 6.35. The highest BCUT2D eigenvalue weighted by molar-refractivity contribution is 6.15. The van der Waals surface area contributed by atoms with Crippen molar-refractivity contribution in [3.05, 3.63) is 34.4 Å². The number of hydrogen-bond donors (Lipinski definition) is 0. The maximum atomic E-state index is 12.4. The number of benzene rings is 1. The first kappa shape index (κ1) is 13.0. The normalized spacial score (nSPS) is 18.9. The Bertz CT molecular complexity index is 533. The van der Waals surface area contributed by atoms with E-state index in [4.69, 9.17) is 0 Å². The van der Waals surface area contributed by atoms with Crippen molar-refractivity contribution in [2.75, 3.05) is 0 Å². The lowest BCUT2D eigenvalue weighted by molar-refractivity contribution is -0.128. The molecule has 0 aromatic heterocycles. The molecule has 0 aliphatic heterocycles. The Hall–Kier alpha value is -1.44. The maximum Gasteiger partial charge on any atom is 0.174 e. The first-order valence-electron chi connectivity index (χ1n) is 6.40. The van der Waals surface area contributed by atoms with Gasteiger partial charge in [-0.25, -0.2) is 0 Å². The highest BCUT2D eigenvalue weighted by Crippen LogP contribution is 2.34. The summed E-state index contributed by atoms with van der Waals surface area (Å²) in [5.41, 5.74) is 3.52. The third kappa shape index (κ3) is 2.00. The Labute approximate surface area is 108 Å². The first-order chi connectivity index (χ1) is 8.21. The Morgan fingerprint density at radius 3 is 2.39 bits per heavy atom. The highest BCUT2D eigenvalue weighted by Gasteiger charge is 2.40. The lowest BCUT2D eigenvalue weighted by Crippen LogP contribution is -2.31. The van der Waals surface area contributed by atoms with Crippen molar-refractivity contribution in [3.63, 3.8) is 0 Å². The number of Topliss-reactive ketones (excluding diaryl/α,β-unsaturated/α-hetero) is 2. The third-order valence-corrected chi connectivity index (χ3v) is 3.60. The highest BCUT2D eigenvalue weighted by atomic mass is 16.2. The lowest BCUT2D eigenvalue weighted by Gasteiger charge is -2.20. The fraction of sp³-hybridized carbons (Fsp3) is 0.500. The van der Waals surface area contributed by atoms with Crippen molar-refractivity contribution in [2.24, 2.45) is 11.3 Å². The van der Waals surface area contributed by atoms with Crippen molar-refractivity contribution in [1.29, 1.82) is 0 Å². The molecule has 0 N–H and O–H groups in total. The molecule has 0 spiro atoms. The van der Waals surface area contributed by atoms with Gasteiger partial charge < -0.3 is 0 Å². The van der Waals surface area contributed by atoms with E-state index in [1.165, 1.54) is 0 Å². The molecule has 0 heterocycles. The van der Waals surface area contributed by atoms with Gasteiger partial charge in [0.05, 0.1) is 5.92 Å². The molecule has 2 heteroatoms. The topological polar surface area (TPSA) is 34.1 Å². The maximum absolute atomic E-state index is 12.4. The second-order valence-corrected chi connectivity index (χ2v) is 6.35. The summed E-state index contributed by atoms with van der Waals surface area (Å²) in [6.07, 6.45) is 0.576. The Morgan fingerprint density at radius 2 is 1.83 bits per heavy atom. The number of fused-ring (bicyclic) bond motifs is 1. The molecule has 1 unspecified atom stereocenters. The monoisotopic (exact) mass is 244 g/mol. The van der Waals surface area contributed by atoms with Gasteiger partial charge in [-0.1, -0.05) is 38.5 Å². The van der Waals surface area contributed by atoms with Gasteiger partial charge in [0.1, 0.15) is 5.78 Å². The average molecular weight is 244 g/mol. The molecule has 1 aliphatic rings. The molecule has 0 bridgehead atoms. The van der Waals surface area contributed by atoms with Crippen molar-refractivity contribution in [3.8, 4) is 0 Å². The molecule has 2 rings (SSSR count). The van der Waals surface area contributed by atoms with Gasteiger partial charge in [-0.05, 0) is 31.4 Å². The summed E-state index contributed by atoms with van der Waals surface area (Å²) in [4.78, 5) is 24.7. The predicted octanol–water partition coefficient (Wildman–Crippen LogP) is 3.27. The first-order valence-corrected chi connectivity index (χ1v) is 6.40. The van der Waals surface area contributed by atoms with Crippen LogP contribution in [0.2, 0.25) is 0 Å². The van der Waals surface area contributed by atoms with Gasteiger partial charge in [0, 0.05) is 11.0 Å². The molecule has 0 saturated heterocycles. The molecule has 0 radical (unpaired) electrons.